The third-order valence-corrected chi connectivity index (χ3v) is 4.59. The van der Waals surface area contributed by atoms with Crippen molar-refractivity contribution in [1.29, 1.82) is 0 Å². The van der Waals surface area contributed by atoms with Crippen molar-refractivity contribution in [3.8, 4) is 5.75 Å². The van der Waals surface area contributed by atoms with Crippen LogP contribution in [0.25, 0.3) is 0 Å². The number of nitrogens with zero attached hydrogens (tertiary/aromatic N) is 2. The number of aromatic hydroxyl groups is 1. The van der Waals surface area contributed by atoms with E-state index < -0.39 is 0 Å². The van der Waals surface area contributed by atoms with Crippen LogP contribution in [0.4, 0.5) is 16.2 Å². The second kappa shape index (κ2) is 7.01. The Morgan fingerprint density at radius 1 is 1.12 bits per heavy atom. The van der Waals surface area contributed by atoms with Gasteiger partial charge in [0.2, 0.25) is 0 Å². The molecule has 0 radical (unpaired) electrons. The molecule has 126 valence electrons. The molecule has 6 heteroatoms. The van der Waals surface area contributed by atoms with Gasteiger partial charge in [0.1, 0.15) is 5.75 Å². The minimum absolute atomic E-state index is 0.120. The SMILES string of the molecule is Cc1ccc(NC(=O)N2CCN(c3cccc(O)c3)CC2)cc1Cl. The first-order valence-corrected chi connectivity index (χ1v) is 8.27. The van der Waals surface area contributed by atoms with Gasteiger partial charge in [0.05, 0.1) is 0 Å². The Hall–Kier alpha value is -2.40. The first kappa shape index (κ1) is 16.5. The standard InChI is InChI=1S/C18H20ClN3O2/c1-13-5-6-14(11-17(13)19)20-18(24)22-9-7-21(8-10-22)15-3-2-4-16(23)12-15/h2-6,11-12,23H,7-10H2,1H3,(H,20,24). The molecule has 2 aromatic rings. The molecule has 0 saturated carbocycles. The van der Waals surface area contributed by atoms with E-state index in [4.69, 9.17) is 11.6 Å². The zero-order valence-corrected chi connectivity index (χ0v) is 14.3. The average molecular weight is 346 g/mol. The predicted molar refractivity (Wildman–Crippen MR) is 97.1 cm³/mol. The molecule has 24 heavy (non-hydrogen) atoms. The third-order valence-electron chi connectivity index (χ3n) is 4.18. The number of phenols is 1. The fourth-order valence-corrected chi connectivity index (χ4v) is 2.91. The molecule has 1 aliphatic heterocycles. The number of hydrogen-bond donors (Lipinski definition) is 2. The lowest BCUT2D eigenvalue weighted by Gasteiger charge is -2.36. The Morgan fingerprint density at radius 3 is 2.54 bits per heavy atom. The molecule has 1 aliphatic rings. The van der Waals surface area contributed by atoms with E-state index in [0.29, 0.717) is 23.8 Å². The van der Waals surface area contributed by atoms with Crippen molar-refractivity contribution >= 4 is 29.0 Å². The van der Waals surface area contributed by atoms with Crippen molar-refractivity contribution in [2.24, 2.45) is 0 Å². The van der Waals surface area contributed by atoms with Crippen molar-refractivity contribution in [3.63, 3.8) is 0 Å². The molecule has 3 rings (SSSR count). The van der Waals surface area contributed by atoms with Gasteiger partial charge in [-0.25, -0.2) is 4.79 Å². The summed E-state index contributed by atoms with van der Waals surface area (Å²) in [5, 5.41) is 13.1. The van der Waals surface area contributed by atoms with Crippen LogP contribution >= 0.6 is 11.6 Å². The highest BCUT2D eigenvalue weighted by Gasteiger charge is 2.21. The van der Waals surface area contributed by atoms with Gasteiger partial charge in [-0.2, -0.15) is 0 Å². The number of urea groups is 1. The largest absolute Gasteiger partial charge is 0.508 e. The van der Waals surface area contributed by atoms with Gasteiger partial charge < -0.3 is 20.2 Å². The molecule has 2 amide bonds. The van der Waals surface area contributed by atoms with Gasteiger partial charge in [-0.1, -0.05) is 23.7 Å². The van der Waals surface area contributed by atoms with Crippen LogP contribution in [0.1, 0.15) is 5.56 Å². The summed E-state index contributed by atoms with van der Waals surface area (Å²) in [5.41, 5.74) is 2.65. The van der Waals surface area contributed by atoms with Crippen molar-refractivity contribution in [3.05, 3.63) is 53.1 Å². The summed E-state index contributed by atoms with van der Waals surface area (Å²) >= 11 is 6.09. The molecule has 0 aliphatic carbocycles. The van der Waals surface area contributed by atoms with E-state index in [-0.39, 0.29) is 11.8 Å². The summed E-state index contributed by atoms with van der Waals surface area (Å²) in [4.78, 5) is 16.3. The van der Waals surface area contributed by atoms with E-state index in [1.54, 1.807) is 23.1 Å². The Morgan fingerprint density at radius 2 is 1.88 bits per heavy atom. The van der Waals surface area contributed by atoms with Crippen LogP contribution in [0.5, 0.6) is 5.75 Å². The highest BCUT2D eigenvalue weighted by atomic mass is 35.5. The van der Waals surface area contributed by atoms with E-state index in [2.05, 4.69) is 10.2 Å². The number of nitrogens with one attached hydrogen (secondary N) is 1. The summed E-state index contributed by atoms with van der Waals surface area (Å²) < 4.78 is 0. The van der Waals surface area contributed by atoms with Crippen LogP contribution in [-0.4, -0.2) is 42.2 Å². The van der Waals surface area contributed by atoms with Crippen molar-refractivity contribution in [2.75, 3.05) is 36.4 Å². The monoisotopic (exact) mass is 345 g/mol. The predicted octanol–water partition coefficient (Wildman–Crippen LogP) is 3.71. The molecule has 1 saturated heterocycles. The van der Waals surface area contributed by atoms with Crippen LogP contribution in [0, 0.1) is 6.92 Å². The summed E-state index contributed by atoms with van der Waals surface area (Å²) in [6.07, 6.45) is 0. The zero-order chi connectivity index (χ0) is 17.1. The first-order chi connectivity index (χ1) is 11.5. The minimum Gasteiger partial charge on any atom is -0.508 e. The summed E-state index contributed by atoms with van der Waals surface area (Å²) in [6, 6.07) is 12.6. The highest BCUT2D eigenvalue weighted by molar-refractivity contribution is 6.31. The van der Waals surface area contributed by atoms with Crippen LogP contribution in [0.2, 0.25) is 5.02 Å². The first-order valence-electron chi connectivity index (χ1n) is 7.89. The molecule has 2 aromatic carbocycles. The molecule has 2 N–H and O–H groups in total. The second-order valence-corrected chi connectivity index (χ2v) is 6.30. The number of hydrogen-bond acceptors (Lipinski definition) is 3. The Labute approximate surface area is 146 Å². The smallest absolute Gasteiger partial charge is 0.321 e. The highest BCUT2D eigenvalue weighted by Crippen LogP contribution is 2.22. The summed E-state index contributed by atoms with van der Waals surface area (Å²) in [5.74, 6) is 0.254. The second-order valence-electron chi connectivity index (χ2n) is 5.89. The molecule has 0 atom stereocenters. The van der Waals surface area contributed by atoms with Gasteiger partial charge >= 0.3 is 6.03 Å². The molecular formula is C18H20ClN3O2. The fourth-order valence-electron chi connectivity index (χ4n) is 2.73. The third kappa shape index (κ3) is 3.74. The number of rotatable bonds is 2. The Bertz CT molecular complexity index is 743. The molecular weight excluding hydrogens is 326 g/mol. The van der Waals surface area contributed by atoms with Crippen LogP contribution < -0.4 is 10.2 Å². The number of aryl methyl sites for hydroxylation is 1. The number of carbonyl (C=O) groups excluding carboxylic acids is 1. The lowest BCUT2D eigenvalue weighted by atomic mass is 10.2. The van der Waals surface area contributed by atoms with Crippen molar-refractivity contribution in [2.45, 2.75) is 6.92 Å². The van der Waals surface area contributed by atoms with Gasteiger partial charge in [-0.15, -0.1) is 0 Å². The number of amides is 2. The minimum atomic E-state index is -0.120. The molecule has 0 unspecified atom stereocenters. The van der Waals surface area contributed by atoms with Crippen molar-refractivity contribution in [1.82, 2.24) is 4.90 Å². The van der Waals surface area contributed by atoms with Crippen molar-refractivity contribution < 1.29 is 9.90 Å². The maximum atomic E-state index is 12.4. The van der Waals surface area contributed by atoms with Gasteiger partial charge in [-0.3, -0.25) is 0 Å². The maximum absolute atomic E-state index is 12.4. The number of carbonyl (C=O) groups is 1. The number of piperazine rings is 1. The normalized spacial score (nSPS) is 14.6. The number of benzene rings is 2. The molecule has 1 fully saturated rings. The van der Waals surface area contributed by atoms with Crippen LogP contribution in [-0.2, 0) is 0 Å². The lowest BCUT2D eigenvalue weighted by molar-refractivity contribution is 0.208. The van der Waals surface area contributed by atoms with E-state index in [9.17, 15) is 9.90 Å². The van der Waals surface area contributed by atoms with Crippen LogP contribution in [0.3, 0.4) is 0 Å². The van der Waals surface area contributed by atoms with Gasteiger partial charge in [0.25, 0.3) is 0 Å². The van der Waals surface area contributed by atoms with Gasteiger partial charge in [0.15, 0.2) is 0 Å². The van der Waals surface area contributed by atoms with E-state index in [1.807, 2.05) is 31.2 Å². The quantitative estimate of drug-likeness (QED) is 0.872. The topological polar surface area (TPSA) is 55.8 Å². The van der Waals surface area contributed by atoms with Gasteiger partial charge in [-0.05, 0) is 36.8 Å². The van der Waals surface area contributed by atoms with E-state index >= 15 is 0 Å². The molecule has 0 spiro atoms. The molecule has 1 heterocycles. The number of phenolic OH excluding ortho intramolecular Hbond substituents is 1. The molecule has 5 nitrogen and oxygen atoms in total. The zero-order valence-electron chi connectivity index (χ0n) is 13.5. The van der Waals surface area contributed by atoms with Crippen LogP contribution in [0.15, 0.2) is 42.5 Å². The lowest BCUT2D eigenvalue weighted by Crippen LogP contribution is -2.50. The maximum Gasteiger partial charge on any atom is 0.321 e. The summed E-state index contributed by atoms with van der Waals surface area (Å²) in [6.45, 7) is 4.63. The Balaban J connectivity index is 1.58. The number of anilines is 2. The molecule has 0 bridgehead atoms. The Kier molecular flexibility index (Phi) is 4.81. The molecule has 0 aromatic heterocycles. The average Bonchev–Trinajstić information content (AvgIpc) is 2.58. The van der Waals surface area contributed by atoms with Gasteiger partial charge in [0, 0.05) is 48.6 Å². The van der Waals surface area contributed by atoms with E-state index in [0.717, 1.165) is 24.3 Å². The fraction of sp³-hybridized carbons (Fsp3) is 0.278. The van der Waals surface area contributed by atoms with E-state index in [1.165, 1.54) is 0 Å². The summed E-state index contributed by atoms with van der Waals surface area (Å²) in [7, 11) is 0. The number of halogens is 1.